The predicted octanol–water partition coefficient (Wildman–Crippen LogP) is 4.48. The Morgan fingerprint density at radius 1 is 1.09 bits per heavy atom. The third-order valence-electron chi connectivity index (χ3n) is 6.01. The fraction of sp³-hybridized carbons (Fsp3) is 0.462. The van der Waals surface area contributed by atoms with Crippen LogP contribution in [0, 0.1) is 5.82 Å². The minimum atomic E-state index is -0.286. The molecule has 0 unspecified atom stereocenters. The van der Waals surface area contributed by atoms with Gasteiger partial charge in [-0.25, -0.2) is 4.39 Å². The van der Waals surface area contributed by atoms with E-state index in [9.17, 15) is 14.0 Å². The Bertz CT molecular complexity index is 985. The molecule has 1 aliphatic rings. The van der Waals surface area contributed by atoms with Crippen molar-refractivity contribution < 1.29 is 23.5 Å². The monoisotopic (exact) mass is 490 g/mol. The lowest BCUT2D eigenvalue weighted by atomic mass is 10.1. The number of hydrogen-bond acceptors (Lipinski definition) is 5. The molecule has 1 fully saturated rings. The van der Waals surface area contributed by atoms with E-state index in [0.717, 1.165) is 17.7 Å². The molecule has 2 aromatic rings. The molecule has 184 valence electrons. The van der Waals surface area contributed by atoms with Crippen LogP contribution < -0.4 is 4.74 Å². The highest BCUT2D eigenvalue weighted by Crippen LogP contribution is 2.25. The smallest absolute Gasteiger partial charge is 0.306 e. The Balaban J connectivity index is 1.57. The molecule has 1 amide bonds. The van der Waals surface area contributed by atoms with Gasteiger partial charge in [0.15, 0.2) is 6.61 Å². The van der Waals surface area contributed by atoms with E-state index in [2.05, 4.69) is 11.8 Å². The van der Waals surface area contributed by atoms with Crippen molar-refractivity contribution in [1.82, 2.24) is 9.80 Å². The van der Waals surface area contributed by atoms with Crippen LogP contribution in [0.15, 0.2) is 42.5 Å². The third-order valence-corrected chi connectivity index (χ3v) is 6.25. The molecule has 0 bridgehead atoms. The molecule has 0 N–H and O–H groups in total. The van der Waals surface area contributed by atoms with Gasteiger partial charge in [-0.2, -0.15) is 0 Å². The number of amides is 1. The van der Waals surface area contributed by atoms with E-state index in [0.29, 0.717) is 36.9 Å². The zero-order valence-electron chi connectivity index (χ0n) is 19.9. The second kappa shape index (κ2) is 12.2. The van der Waals surface area contributed by atoms with Gasteiger partial charge in [0.2, 0.25) is 0 Å². The number of halogens is 2. The van der Waals surface area contributed by atoms with Gasteiger partial charge in [0.1, 0.15) is 11.6 Å². The van der Waals surface area contributed by atoms with Gasteiger partial charge < -0.3 is 14.4 Å². The molecule has 0 spiro atoms. The molecular weight excluding hydrogens is 459 g/mol. The molecule has 1 saturated heterocycles. The van der Waals surface area contributed by atoms with Gasteiger partial charge in [0.05, 0.1) is 6.61 Å². The Morgan fingerprint density at radius 3 is 2.53 bits per heavy atom. The first-order valence-electron chi connectivity index (χ1n) is 11.6. The quantitative estimate of drug-likeness (QED) is 0.485. The molecule has 8 heteroatoms. The molecule has 0 aliphatic carbocycles. The number of piperazine rings is 1. The van der Waals surface area contributed by atoms with Gasteiger partial charge >= 0.3 is 5.97 Å². The average Bonchev–Trinajstić information content (AvgIpc) is 2.80. The van der Waals surface area contributed by atoms with Crippen molar-refractivity contribution in [2.75, 3.05) is 26.3 Å². The van der Waals surface area contributed by atoms with Crippen molar-refractivity contribution >= 4 is 23.5 Å². The van der Waals surface area contributed by atoms with Crippen LogP contribution in [0.3, 0.4) is 0 Å². The van der Waals surface area contributed by atoms with Crippen molar-refractivity contribution in [3.8, 4) is 5.75 Å². The SMILES string of the molecule is CCOC(=O)CCc1cc(Cl)ccc1OCC(=O)N1C[C@H](C)N(Cc2ccc(F)cc2)C[C@H]1C. The lowest BCUT2D eigenvalue weighted by molar-refractivity contribution is -0.143. The summed E-state index contributed by atoms with van der Waals surface area (Å²) < 4.78 is 24.1. The predicted molar refractivity (Wildman–Crippen MR) is 129 cm³/mol. The largest absolute Gasteiger partial charge is 0.483 e. The number of rotatable bonds is 9. The lowest BCUT2D eigenvalue weighted by Gasteiger charge is -2.44. The van der Waals surface area contributed by atoms with E-state index in [-0.39, 0.29) is 42.8 Å². The van der Waals surface area contributed by atoms with Crippen LogP contribution in [0.25, 0.3) is 0 Å². The fourth-order valence-electron chi connectivity index (χ4n) is 4.17. The summed E-state index contributed by atoms with van der Waals surface area (Å²) in [5, 5.41) is 0.539. The molecule has 0 radical (unpaired) electrons. The highest BCUT2D eigenvalue weighted by atomic mass is 35.5. The molecule has 1 aliphatic heterocycles. The number of carbonyl (C=O) groups excluding carboxylic acids is 2. The third kappa shape index (κ3) is 7.18. The number of nitrogens with zero attached hydrogens (tertiary/aromatic N) is 2. The number of carbonyl (C=O) groups is 2. The molecular formula is C26H32ClFN2O4. The first-order chi connectivity index (χ1) is 16.3. The maximum absolute atomic E-state index is 13.2. The van der Waals surface area contributed by atoms with E-state index in [1.165, 1.54) is 12.1 Å². The maximum atomic E-state index is 13.2. The number of esters is 1. The Hall–Kier alpha value is -2.64. The van der Waals surface area contributed by atoms with Gasteiger partial charge in [-0.1, -0.05) is 23.7 Å². The number of benzene rings is 2. The summed E-state index contributed by atoms with van der Waals surface area (Å²) in [6, 6.07) is 11.9. The maximum Gasteiger partial charge on any atom is 0.306 e. The van der Waals surface area contributed by atoms with Crippen molar-refractivity contribution in [1.29, 1.82) is 0 Å². The van der Waals surface area contributed by atoms with Crippen LogP contribution in [0.1, 0.15) is 38.3 Å². The minimum Gasteiger partial charge on any atom is -0.483 e. The Kier molecular flexibility index (Phi) is 9.30. The van der Waals surface area contributed by atoms with E-state index in [4.69, 9.17) is 21.1 Å². The van der Waals surface area contributed by atoms with Crippen LogP contribution in [0.2, 0.25) is 5.02 Å². The lowest BCUT2D eigenvalue weighted by Crippen LogP contribution is -2.58. The molecule has 3 rings (SSSR count). The van der Waals surface area contributed by atoms with E-state index < -0.39 is 0 Å². The van der Waals surface area contributed by atoms with Gasteiger partial charge in [-0.15, -0.1) is 0 Å². The van der Waals surface area contributed by atoms with Gasteiger partial charge in [-0.05, 0) is 68.7 Å². The van der Waals surface area contributed by atoms with Crippen LogP contribution in [-0.4, -0.2) is 60.1 Å². The van der Waals surface area contributed by atoms with Crippen molar-refractivity contribution in [3.05, 3.63) is 64.4 Å². The molecule has 0 aromatic heterocycles. The van der Waals surface area contributed by atoms with E-state index >= 15 is 0 Å². The summed E-state index contributed by atoms with van der Waals surface area (Å²) in [7, 11) is 0. The van der Waals surface area contributed by atoms with Crippen molar-refractivity contribution in [3.63, 3.8) is 0 Å². The van der Waals surface area contributed by atoms with Crippen LogP contribution in [-0.2, 0) is 27.3 Å². The Labute approximate surface area is 205 Å². The van der Waals surface area contributed by atoms with Gasteiger partial charge in [0, 0.05) is 43.2 Å². The number of aryl methyl sites for hydroxylation is 1. The summed E-state index contributed by atoms with van der Waals surface area (Å²) in [4.78, 5) is 28.9. The molecule has 2 aromatic carbocycles. The van der Waals surface area contributed by atoms with E-state index in [1.807, 2.05) is 11.8 Å². The zero-order chi connectivity index (χ0) is 24.7. The standard InChI is InChI=1S/C26H32ClFN2O4/c1-4-33-26(32)12-7-21-13-22(27)8-11-24(21)34-17-25(31)30-15-18(2)29(14-19(30)3)16-20-5-9-23(28)10-6-20/h5-6,8-11,13,18-19H,4,7,12,14-17H2,1-3H3/t18-,19+/m0/s1. The van der Waals surface area contributed by atoms with Gasteiger partial charge in [0.25, 0.3) is 5.91 Å². The normalized spacial score (nSPS) is 18.6. The van der Waals surface area contributed by atoms with Crippen LogP contribution in [0.4, 0.5) is 4.39 Å². The summed E-state index contributed by atoms with van der Waals surface area (Å²) in [5.41, 5.74) is 1.81. The van der Waals surface area contributed by atoms with Crippen LogP contribution in [0.5, 0.6) is 5.75 Å². The van der Waals surface area contributed by atoms with Gasteiger partial charge in [-0.3, -0.25) is 14.5 Å². The van der Waals surface area contributed by atoms with Crippen LogP contribution >= 0.6 is 11.6 Å². The molecule has 6 nitrogen and oxygen atoms in total. The Morgan fingerprint density at radius 2 is 1.82 bits per heavy atom. The molecule has 0 saturated carbocycles. The average molecular weight is 491 g/mol. The second-order valence-electron chi connectivity index (χ2n) is 8.65. The summed E-state index contributed by atoms with van der Waals surface area (Å²) in [5.74, 6) is -0.0825. The number of hydrogen-bond donors (Lipinski definition) is 0. The highest BCUT2D eigenvalue weighted by molar-refractivity contribution is 6.30. The molecule has 2 atom stereocenters. The first-order valence-corrected chi connectivity index (χ1v) is 12.0. The summed E-state index contributed by atoms with van der Waals surface area (Å²) >= 11 is 6.12. The summed E-state index contributed by atoms with van der Waals surface area (Å²) in [6.07, 6.45) is 0.626. The van der Waals surface area contributed by atoms with E-state index in [1.54, 1.807) is 37.3 Å². The first kappa shape index (κ1) is 26.0. The topological polar surface area (TPSA) is 59.1 Å². The minimum absolute atomic E-state index is 0.0150. The van der Waals surface area contributed by atoms with Crippen molar-refractivity contribution in [2.24, 2.45) is 0 Å². The highest BCUT2D eigenvalue weighted by Gasteiger charge is 2.32. The fourth-order valence-corrected chi connectivity index (χ4v) is 4.36. The molecule has 1 heterocycles. The molecule has 34 heavy (non-hydrogen) atoms. The van der Waals surface area contributed by atoms with Crippen molar-refractivity contribution in [2.45, 2.75) is 52.2 Å². The summed E-state index contributed by atoms with van der Waals surface area (Å²) in [6.45, 7) is 8.12. The second-order valence-corrected chi connectivity index (χ2v) is 9.08. The zero-order valence-corrected chi connectivity index (χ0v) is 20.7. The number of ether oxygens (including phenoxy) is 2.